The molecule has 0 saturated carbocycles. The largest absolute Gasteiger partial charge is 0.396 e. The molecule has 2 heterocycles. The fourth-order valence-corrected chi connectivity index (χ4v) is 2.59. The Morgan fingerprint density at radius 2 is 2.00 bits per heavy atom. The summed E-state index contributed by atoms with van der Waals surface area (Å²) in [5, 5.41) is 8.76. The molecule has 0 aliphatic carbocycles. The van der Waals surface area contributed by atoms with E-state index in [9.17, 15) is 0 Å². The maximum Gasteiger partial charge on any atom is 0.0524 e. The lowest BCUT2D eigenvalue weighted by molar-refractivity contribution is 0.0775. The van der Waals surface area contributed by atoms with Gasteiger partial charge >= 0.3 is 0 Å². The van der Waals surface area contributed by atoms with Gasteiger partial charge in [-0.25, -0.2) is 0 Å². The van der Waals surface area contributed by atoms with Crippen LogP contribution in [0.5, 0.6) is 0 Å². The first-order valence-electron chi connectivity index (χ1n) is 5.76. The summed E-state index contributed by atoms with van der Waals surface area (Å²) in [7, 11) is 0. The molecule has 1 spiro atoms. The van der Waals surface area contributed by atoms with E-state index in [2.05, 4.69) is 4.90 Å². The van der Waals surface area contributed by atoms with Crippen LogP contribution < -0.4 is 0 Å². The molecule has 3 nitrogen and oxygen atoms in total. The van der Waals surface area contributed by atoms with Crippen molar-refractivity contribution in [2.24, 2.45) is 5.41 Å². The fraction of sp³-hybridized carbons (Fsp3) is 1.00. The van der Waals surface area contributed by atoms with Crippen molar-refractivity contribution in [3.63, 3.8) is 0 Å². The molecule has 0 aromatic carbocycles. The molecule has 2 saturated heterocycles. The van der Waals surface area contributed by atoms with Crippen molar-refractivity contribution in [3.05, 3.63) is 0 Å². The van der Waals surface area contributed by atoms with Gasteiger partial charge < -0.3 is 14.7 Å². The van der Waals surface area contributed by atoms with Crippen molar-refractivity contribution in [1.29, 1.82) is 0 Å². The zero-order chi connectivity index (χ0) is 9.86. The molecule has 0 unspecified atom stereocenters. The Hall–Kier alpha value is -0.120. The molecule has 0 aromatic heterocycles. The van der Waals surface area contributed by atoms with Gasteiger partial charge in [-0.1, -0.05) is 0 Å². The van der Waals surface area contributed by atoms with Crippen LogP contribution >= 0.6 is 0 Å². The summed E-state index contributed by atoms with van der Waals surface area (Å²) in [5.41, 5.74) is 0.524. The topological polar surface area (TPSA) is 32.7 Å². The molecule has 0 bridgehead atoms. The smallest absolute Gasteiger partial charge is 0.0524 e. The molecule has 2 aliphatic rings. The maximum atomic E-state index is 8.76. The average molecular weight is 199 g/mol. The van der Waals surface area contributed by atoms with Crippen LogP contribution in [-0.2, 0) is 4.74 Å². The number of aliphatic hydroxyl groups is 1. The zero-order valence-corrected chi connectivity index (χ0v) is 8.87. The van der Waals surface area contributed by atoms with Crippen LogP contribution in [-0.4, -0.2) is 49.5 Å². The van der Waals surface area contributed by atoms with Crippen molar-refractivity contribution >= 4 is 0 Å². The highest BCUT2D eigenvalue weighted by atomic mass is 16.5. The molecule has 1 N–H and O–H groups in total. The van der Waals surface area contributed by atoms with E-state index in [1.165, 1.54) is 32.4 Å². The van der Waals surface area contributed by atoms with E-state index in [0.29, 0.717) is 12.0 Å². The van der Waals surface area contributed by atoms with E-state index >= 15 is 0 Å². The first-order valence-corrected chi connectivity index (χ1v) is 5.76. The van der Waals surface area contributed by atoms with Crippen LogP contribution in [0.1, 0.15) is 25.7 Å². The van der Waals surface area contributed by atoms with Gasteiger partial charge in [0.05, 0.1) is 6.61 Å². The quantitative estimate of drug-likeness (QED) is 0.732. The number of hydrogen-bond acceptors (Lipinski definition) is 3. The van der Waals surface area contributed by atoms with Gasteiger partial charge in [0.2, 0.25) is 0 Å². The van der Waals surface area contributed by atoms with E-state index < -0.39 is 0 Å². The van der Waals surface area contributed by atoms with Crippen LogP contribution in [0.15, 0.2) is 0 Å². The van der Waals surface area contributed by atoms with Crippen molar-refractivity contribution in [2.75, 3.05) is 39.5 Å². The van der Waals surface area contributed by atoms with Gasteiger partial charge in [0.25, 0.3) is 0 Å². The maximum absolute atomic E-state index is 8.76. The summed E-state index contributed by atoms with van der Waals surface area (Å²) in [5.74, 6) is 0. The molecule has 0 amide bonds. The van der Waals surface area contributed by atoms with Crippen molar-refractivity contribution in [1.82, 2.24) is 4.90 Å². The predicted molar refractivity (Wildman–Crippen MR) is 55.2 cm³/mol. The Morgan fingerprint density at radius 3 is 2.57 bits per heavy atom. The minimum absolute atomic E-state index is 0.324. The Labute approximate surface area is 86.0 Å². The van der Waals surface area contributed by atoms with Gasteiger partial charge in [0, 0.05) is 19.8 Å². The molecule has 14 heavy (non-hydrogen) atoms. The molecule has 0 aromatic rings. The summed E-state index contributed by atoms with van der Waals surface area (Å²) in [6, 6.07) is 0. The van der Waals surface area contributed by atoms with Gasteiger partial charge in [0.1, 0.15) is 0 Å². The highest BCUT2D eigenvalue weighted by Crippen LogP contribution is 2.38. The lowest BCUT2D eigenvalue weighted by Crippen LogP contribution is -2.40. The standard InChI is InChI=1S/C11H21NO2/c13-8-1-5-12-6-2-11(3-7-12)4-9-14-10-11/h13H,1-10H2. The van der Waals surface area contributed by atoms with E-state index in [0.717, 1.165) is 26.2 Å². The van der Waals surface area contributed by atoms with Crippen LogP contribution in [0.3, 0.4) is 0 Å². The Kier molecular flexibility index (Phi) is 3.42. The summed E-state index contributed by atoms with van der Waals surface area (Å²) in [4.78, 5) is 2.47. The number of ether oxygens (including phenoxy) is 1. The lowest BCUT2D eigenvalue weighted by Gasteiger charge is -2.38. The molecular weight excluding hydrogens is 178 g/mol. The predicted octanol–water partition coefficient (Wildman–Crippen LogP) is 0.871. The van der Waals surface area contributed by atoms with E-state index in [-0.39, 0.29) is 0 Å². The fourth-order valence-electron chi connectivity index (χ4n) is 2.59. The third kappa shape index (κ3) is 2.27. The van der Waals surface area contributed by atoms with Crippen LogP contribution in [0, 0.1) is 5.41 Å². The number of hydrogen-bond donors (Lipinski definition) is 1. The second-order valence-corrected chi connectivity index (χ2v) is 4.72. The number of aliphatic hydroxyl groups excluding tert-OH is 1. The van der Waals surface area contributed by atoms with Crippen molar-refractivity contribution in [2.45, 2.75) is 25.7 Å². The molecule has 0 radical (unpaired) electrons. The summed E-state index contributed by atoms with van der Waals surface area (Å²) < 4.78 is 5.50. The van der Waals surface area contributed by atoms with Gasteiger partial charge in [-0.05, 0) is 44.2 Å². The minimum Gasteiger partial charge on any atom is -0.396 e. The van der Waals surface area contributed by atoms with Crippen LogP contribution in [0.4, 0.5) is 0 Å². The number of likely N-dealkylation sites (tertiary alicyclic amines) is 1. The second-order valence-electron chi connectivity index (χ2n) is 4.72. The molecule has 3 heteroatoms. The second kappa shape index (κ2) is 4.60. The number of piperidine rings is 1. The minimum atomic E-state index is 0.324. The third-order valence-corrected chi connectivity index (χ3v) is 3.73. The number of nitrogens with zero attached hydrogens (tertiary/aromatic N) is 1. The van der Waals surface area contributed by atoms with Gasteiger partial charge in [-0.2, -0.15) is 0 Å². The lowest BCUT2D eigenvalue weighted by atomic mass is 9.78. The molecule has 2 rings (SSSR count). The molecule has 2 fully saturated rings. The Bertz CT molecular complexity index is 168. The average Bonchev–Trinajstić information content (AvgIpc) is 2.66. The van der Waals surface area contributed by atoms with Gasteiger partial charge in [0.15, 0.2) is 0 Å². The molecule has 0 atom stereocenters. The summed E-state index contributed by atoms with van der Waals surface area (Å²) in [6.07, 6.45) is 4.77. The monoisotopic (exact) mass is 199 g/mol. The van der Waals surface area contributed by atoms with Crippen LogP contribution in [0.2, 0.25) is 0 Å². The highest BCUT2D eigenvalue weighted by molar-refractivity contribution is 4.88. The van der Waals surface area contributed by atoms with E-state index in [1.807, 2.05) is 0 Å². The Morgan fingerprint density at radius 1 is 1.21 bits per heavy atom. The Balaban J connectivity index is 1.74. The third-order valence-electron chi connectivity index (χ3n) is 3.73. The van der Waals surface area contributed by atoms with E-state index in [4.69, 9.17) is 9.84 Å². The molecular formula is C11H21NO2. The van der Waals surface area contributed by atoms with Crippen LogP contribution in [0.25, 0.3) is 0 Å². The first kappa shape index (κ1) is 10.4. The normalized spacial score (nSPS) is 27.2. The van der Waals surface area contributed by atoms with Crippen molar-refractivity contribution < 1.29 is 9.84 Å². The highest BCUT2D eigenvalue weighted by Gasteiger charge is 2.37. The van der Waals surface area contributed by atoms with Crippen molar-refractivity contribution in [3.8, 4) is 0 Å². The summed E-state index contributed by atoms with van der Waals surface area (Å²) >= 11 is 0. The van der Waals surface area contributed by atoms with Gasteiger partial charge in [-0.15, -0.1) is 0 Å². The summed E-state index contributed by atoms with van der Waals surface area (Å²) in [6.45, 7) is 5.74. The van der Waals surface area contributed by atoms with Gasteiger partial charge in [-0.3, -0.25) is 0 Å². The zero-order valence-electron chi connectivity index (χ0n) is 8.87. The first-order chi connectivity index (χ1) is 6.85. The SMILES string of the molecule is OCCCN1CCC2(CCOC2)CC1. The number of rotatable bonds is 3. The molecule has 82 valence electrons. The molecule has 2 aliphatic heterocycles. The van der Waals surface area contributed by atoms with E-state index in [1.54, 1.807) is 0 Å².